The number of hydrogen-bond donors (Lipinski definition) is 1. The van der Waals surface area contributed by atoms with Gasteiger partial charge in [0.2, 0.25) is 11.7 Å². The Kier molecular flexibility index (Phi) is 18.3. The molecule has 0 aliphatic carbocycles. The van der Waals surface area contributed by atoms with Crippen molar-refractivity contribution in [1.82, 2.24) is 30.0 Å². The van der Waals surface area contributed by atoms with Gasteiger partial charge in [-0.25, -0.2) is 9.59 Å². The zero-order valence-electron chi connectivity index (χ0n) is 43.7. The Bertz CT molecular complexity index is 3100. The SMILES string of the molecule is C.C.C.CC(C)(C)c1ccc(C(C)(Oc2ccc(C(C)(C)C)cc2-n2nc3ccccc3n2)C(=O)O)cc1.CCOC(=O)C(Oc1ccc(C(C)(C)C)cc1-n1nc2ccccc2n1)c1ccc(C(C)(C)C)cc1. The summed E-state index contributed by atoms with van der Waals surface area (Å²) in [4.78, 5) is 28.7. The number of carbonyl (C=O) groups excluding carboxylic acids is 1. The van der Waals surface area contributed by atoms with Gasteiger partial charge in [0.25, 0.3) is 0 Å². The monoisotopic (exact) mass is 1000 g/mol. The molecule has 8 aromatic rings. The third-order valence-electron chi connectivity index (χ3n) is 12.5. The Morgan fingerprint density at radius 1 is 0.486 bits per heavy atom. The lowest BCUT2D eigenvalue weighted by molar-refractivity contribution is -0.154. The highest BCUT2D eigenvalue weighted by atomic mass is 16.6. The molecule has 2 aromatic heterocycles. The summed E-state index contributed by atoms with van der Waals surface area (Å²) in [6, 6.07) is 42.5. The van der Waals surface area contributed by atoms with Gasteiger partial charge in [0.05, 0.1) is 6.61 Å². The van der Waals surface area contributed by atoms with Gasteiger partial charge in [-0.3, -0.25) is 0 Å². The van der Waals surface area contributed by atoms with Crippen molar-refractivity contribution in [3.05, 3.63) is 167 Å². The van der Waals surface area contributed by atoms with Gasteiger partial charge in [-0.05, 0) is 106 Å². The fourth-order valence-corrected chi connectivity index (χ4v) is 7.89. The lowest BCUT2D eigenvalue weighted by Gasteiger charge is -2.29. The van der Waals surface area contributed by atoms with Gasteiger partial charge in [0, 0.05) is 11.1 Å². The minimum Gasteiger partial charge on any atom is -0.478 e. The van der Waals surface area contributed by atoms with Crippen LogP contribution in [0.15, 0.2) is 133 Å². The van der Waals surface area contributed by atoms with E-state index in [0.717, 1.165) is 44.3 Å². The van der Waals surface area contributed by atoms with E-state index in [1.807, 2.05) is 133 Å². The second-order valence-electron chi connectivity index (χ2n) is 22.2. The number of rotatable bonds is 11. The Labute approximate surface area is 440 Å². The molecule has 8 rings (SSSR count). The first-order valence-electron chi connectivity index (χ1n) is 24.2. The number of carboxylic acids is 1. The largest absolute Gasteiger partial charge is 0.478 e. The molecule has 0 saturated heterocycles. The van der Waals surface area contributed by atoms with E-state index in [1.54, 1.807) is 18.6 Å². The van der Waals surface area contributed by atoms with Gasteiger partial charge in [0.1, 0.15) is 44.9 Å². The summed E-state index contributed by atoms with van der Waals surface area (Å²) in [5.74, 6) is -0.625. The van der Waals surface area contributed by atoms with Crippen LogP contribution in [0.4, 0.5) is 0 Å². The molecule has 0 saturated carbocycles. The minimum absolute atomic E-state index is 0. The van der Waals surface area contributed by atoms with E-state index >= 15 is 0 Å². The van der Waals surface area contributed by atoms with Gasteiger partial charge in [0.15, 0.2) is 0 Å². The predicted octanol–water partition coefficient (Wildman–Crippen LogP) is 15.0. The Morgan fingerprint density at radius 2 is 0.824 bits per heavy atom. The number of fused-ring (bicyclic) bond motifs is 2. The molecule has 2 unspecified atom stereocenters. The summed E-state index contributed by atoms with van der Waals surface area (Å²) in [5, 5.41) is 28.9. The summed E-state index contributed by atoms with van der Waals surface area (Å²) in [7, 11) is 0. The maximum Gasteiger partial charge on any atom is 0.352 e. The molecule has 1 N–H and O–H groups in total. The number of nitrogens with zero attached hydrogens (tertiary/aromatic N) is 6. The second kappa shape index (κ2) is 22.8. The summed E-state index contributed by atoms with van der Waals surface area (Å²) in [6.07, 6.45) is -0.928. The third-order valence-corrected chi connectivity index (χ3v) is 12.5. The van der Waals surface area contributed by atoms with E-state index < -0.39 is 23.6 Å². The van der Waals surface area contributed by atoms with Crippen molar-refractivity contribution in [3.8, 4) is 22.9 Å². The molecule has 12 heteroatoms. The number of carboxylic acid groups (broad SMARTS) is 1. The molecular weight excluding hydrogens is 925 g/mol. The average molecular weight is 1010 g/mol. The van der Waals surface area contributed by atoms with Crippen molar-refractivity contribution >= 4 is 34.0 Å². The normalized spacial score (nSPS) is 12.9. The highest BCUT2D eigenvalue weighted by molar-refractivity contribution is 5.80. The van der Waals surface area contributed by atoms with Crippen LogP contribution >= 0.6 is 0 Å². The molecule has 0 spiro atoms. The summed E-state index contributed by atoms with van der Waals surface area (Å²) < 4.78 is 18.1. The van der Waals surface area contributed by atoms with Gasteiger partial charge in [-0.1, -0.05) is 190 Å². The first kappa shape index (κ1) is 59.2. The molecule has 0 aliphatic rings. The van der Waals surface area contributed by atoms with Crippen LogP contribution in [0, 0.1) is 0 Å². The minimum atomic E-state index is -1.61. The first-order chi connectivity index (χ1) is 33.3. The van der Waals surface area contributed by atoms with Crippen LogP contribution in [0.25, 0.3) is 33.4 Å². The molecule has 0 radical (unpaired) electrons. The second-order valence-corrected chi connectivity index (χ2v) is 22.2. The van der Waals surface area contributed by atoms with Crippen LogP contribution in [0.2, 0.25) is 0 Å². The number of hydrogen-bond acceptors (Lipinski definition) is 9. The quantitative estimate of drug-likeness (QED) is 0.124. The number of aromatic nitrogens is 6. The maximum absolute atomic E-state index is 13.1. The van der Waals surface area contributed by atoms with E-state index in [2.05, 4.69) is 103 Å². The number of benzene rings is 6. The molecule has 2 atom stereocenters. The van der Waals surface area contributed by atoms with Gasteiger partial charge < -0.3 is 19.3 Å². The Balaban J connectivity index is 0.000000308. The van der Waals surface area contributed by atoms with Crippen LogP contribution in [-0.2, 0) is 41.6 Å². The number of carbonyl (C=O) groups is 2. The lowest BCUT2D eigenvalue weighted by atomic mass is 9.85. The van der Waals surface area contributed by atoms with Crippen LogP contribution in [0.3, 0.4) is 0 Å². The topological polar surface area (TPSA) is 143 Å². The van der Waals surface area contributed by atoms with Gasteiger partial charge in [-0.15, -0.1) is 30.0 Å². The van der Waals surface area contributed by atoms with Crippen LogP contribution in [-0.4, -0.2) is 53.6 Å². The molecule has 0 bridgehead atoms. The highest BCUT2D eigenvalue weighted by Gasteiger charge is 2.39. The van der Waals surface area contributed by atoms with Crippen LogP contribution in [0.5, 0.6) is 11.5 Å². The smallest absolute Gasteiger partial charge is 0.352 e. The zero-order valence-corrected chi connectivity index (χ0v) is 43.7. The van der Waals surface area contributed by atoms with Crippen LogP contribution in [0.1, 0.15) is 159 Å². The van der Waals surface area contributed by atoms with Crippen molar-refractivity contribution in [2.45, 2.75) is 153 Å². The van der Waals surface area contributed by atoms with Crippen molar-refractivity contribution in [1.29, 1.82) is 0 Å². The fourth-order valence-electron chi connectivity index (χ4n) is 7.89. The van der Waals surface area contributed by atoms with E-state index in [-0.39, 0.29) is 50.5 Å². The van der Waals surface area contributed by atoms with Gasteiger partial charge in [-0.2, -0.15) is 0 Å². The van der Waals surface area contributed by atoms with Crippen molar-refractivity contribution in [3.63, 3.8) is 0 Å². The van der Waals surface area contributed by atoms with Crippen molar-refractivity contribution in [2.24, 2.45) is 0 Å². The fraction of sp³-hybridized carbons (Fsp3) is 0.387. The first-order valence-corrected chi connectivity index (χ1v) is 24.2. The highest BCUT2D eigenvalue weighted by Crippen LogP contribution is 2.38. The Hall–Kier alpha value is -7.34. The molecule has 0 aliphatic heterocycles. The summed E-state index contributed by atoms with van der Waals surface area (Å²) >= 11 is 0. The molecule has 12 nitrogen and oxygen atoms in total. The molecule has 6 aromatic carbocycles. The zero-order chi connectivity index (χ0) is 51.7. The molecule has 394 valence electrons. The number of ether oxygens (including phenoxy) is 3. The van der Waals surface area contributed by atoms with E-state index in [0.29, 0.717) is 28.4 Å². The van der Waals surface area contributed by atoms with E-state index in [1.165, 1.54) is 10.4 Å². The molecule has 0 amide bonds. The summed E-state index contributed by atoms with van der Waals surface area (Å²) in [5.41, 5.74) is 8.20. The average Bonchev–Trinajstić information content (AvgIpc) is 3.95. The third kappa shape index (κ3) is 13.2. The molecule has 74 heavy (non-hydrogen) atoms. The molecule has 2 heterocycles. The van der Waals surface area contributed by atoms with E-state index in [9.17, 15) is 14.7 Å². The number of aliphatic carboxylic acids is 1. The van der Waals surface area contributed by atoms with Crippen molar-refractivity contribution in [2.75, 3.05) is 6.61 Å². The van der Waals surface area contributed by atoms with Gasteiger partial charge >= 0.3 is 11.9 Å². The number of esters is 1. The van der Waals surface area contributed by atoms with Crippen LogP contribution < -0.4 is 9.47 Å². The van der Waals surface area contributed by atoms with E-state index in [4.69, 9.17) is 14.2 Å². The standard InChI is InChI=1S/C30H35N3O3.C29H33N3O3.3CH4/c1-8-35-28(34)27(20-13-15-21(16-14-20)29(2,3)4)36-26-18-17-22(30(5,6)7)19-25(26)33-31-23-11-9-10-12-24(23)32-33;1-27(2,3)19-12-14-20(15-13-19)29(7,26(33)34)35-25-17-16-21(28(4,5)6)18-24(25)32-30-22-10-8-9-11-23(22)31-32;;;/h9-19,27H,8H2,1-7H3;8-18H,1-7H3,(H,33,34);3*1H4. The predicted molar refractivity (Wildman–Crippen MR) is 301 cm³/mol. The summed E-state index contributed by atoms with van der Waals surface area (Å²) in [6.45, 7) is 29.3. The van der Waals surface area contributed by atoms with Crippen molar-refractivity contribution < 1.29 is 28.9 Å². The molecule has 0 fully saturated rings. The lowest BCUT2D eigenvalue weighted by Crippen LogP contribution is -2.39. The maximum atomic E-state index is 13.1. The molecular formula is C62H80N6O6. The Morgan fingerprint density at radius 3 is 1.19 bits per heavy atom.